The Morgan fingerprint density at radius 1 is 1.42 bits per heavy atom. The Balaban J connectivity index is 1.56. The minimum Gasteiger partial charge on any atom is -0.356 e. The molecule has 128 valence electrons. The van der Waals surface area contributed by atoms with Crippen molar-refractivity contribution < 1.29 is 9.32 Å². The maximum Gasteiger partial charge on any atom is 0.265 e. The predicted molar refractivity (Wildman–Crippen MR) is 89.6 cm³/mol. The summed E-state index contributed by atoms with van der Waals surface area (Å²) in [5.41, 5.74) is 0. The molecule has 8 heteroatoms. The third-order valence-electron chi connectivity index (χ3n) is 4.19. The van der Waals surface area contributed by atoms with Crippen molar-refractivity contribution in [2.45, 2.75) is 13.5 Å². The lowest BCUT2D eigenvalue weighted by Gasteiger charge is -2.16. The van der Waals surface area contributed by atoms with Crippen LogP contribution in [0.3, 0.4) is 0 Å². The van der Waals surface area contributed by atoms with Gasteiger partial charge in [0.2, 0.25) is 11.8 Å². The summed E-state index contributed by atoms with van der Waals surface area (Å²) in [5, 5.41) is 6.72. The Bertz CT molecular complexity index is 687. The number of aromatic nitrogens is 3. The summed E-state index contributed by atoms with van der Waals surface area (Å²) < 4.78 is 5.12. The van der Waals surface area contributed by atoms with Gasteiger partial charge in [-0.05, 0) is 23.2 Å². The molecule has 1 fully saturated rings. The molecule has 8 nitrogen and oxygen atoms in total. The number of nitrogens with one attached hydrogen (secondary N) is 1. The van der Waals surface area contributed by atoms with Crippen LogP contribution in [0.2, 0.25) is 0 Å². The molecule has 0 bridgehead atoms. The van der Waals surface area contributed by atoms with Crippen LogP contribution in [0.15, 0.2) is 28.9 Å². The SMILES string of the molecule is C[C@@H]1CN(c2ccccn2)C[C@H]1C(=O)NCc1nc(N(C)C)no1. The van der Waals surface area contributed by atoms with E-state index in [2.05, 4.69) is 32.3 Å². The molecule has 0 aliphatic carbocycles. The van der Waals surface area contributed by atoms with Gasteiger partial charge in [-0.1, -0.05) is 13.0 Å². The zero-order valence-corrected chi connectivity index (χ0v) is 14.1. The average molecular weight is 330 g/mol. The Labute approximate surface area is 140 Å². The molecule has 2 atom stereocenters. The van der Waals surface area contributed by atoms with Crippen LogP contribution in [0.25, 0.3) is 0 Å². The van der Waals surface area contributed by atoms with Crippen molar-refractivity contribution in [2.24, 2.45) is 11.8 Å². The van der Waals surface area contributed by atoms with Crippen LogP contribution in [0.1, 0.15) is 12.8 Å². The number of amides is 1. The fourth-order valence-electron chi connectivity index (χ4n) is 2.83. The molecule has 1 N–H and O–H groups in total. The highest BCUT2D eigenvalue weighted by Gasteiger charge is 2.35. The first-order chi connectivity index (χ1) is 11.5. The highest BCUT2D eigenvalue weighted by molar-refractivity contribution is 5.80. The largest absolute Gasteiger partial charge is 0.356 e. The Morgan fingerprint density at radius 3 is 2.92 bits per heavy atom. The van der Waals surface area contributed by atoms with Gasteiger partial charge >= 0.3 is 0 Å². The third kappa shape index (κ3) is 3.47. The van der Waals surface area contributed by atoms with Gasteiger partial charge in [0, 0.05) is 33.4 Å². The minimum atomic E-state index is -0.0803. The van der Waals surface area contributed by atoms with E-state index in [-0.39, 0.29) is 24.3 Å². The monoisotopic (exact) mass is 330 g/mol. The molecule has 0 unspecified atom stereocenters. The fourth-order valence-corrected chi connectivity index (χ4v) is 2.83. The zero-order chi connectivity index (χ0) is 17.1. The summed E-state index contributed by atoms with van der Waals surface area (Å²) in [4.78, 5) is 24.9. The van der Waals surface area contributed by atoms with Crippen LogP contribution in [0.5, 0.6) is 0 Å². The Morgan fingerprint density at radius 2 is 2.25 bits per heavy atom. The molecule has 0 radical (unpaired) electrons. The smallest absolute Gasteiger partial charge is 0.265 e. The van der Waals surface area contributed by atoms with Crippen LogP contribution in [-0.4, -0.2) is 48.2 Å². The van der Waals surface area contributed by atoms with E-state index in [9.17, 15) is 4.79 Å². The van der Waals surface area contributed by atoms with E-state index in [0.29, 0.717) is 18.4 Å². The van der Waals surface area contributed by atoms with Gasteiger partial charge in [0.05, 0.1) is 12.5 Å². The van der Waals surface area contributed by atoms with Crippen molar-refractivity contribution in [1.29, 1.82) is 0 Å². The number of pyridine rings is 1. The second kappa shape index (κ2) is 6.86. The van der Waals surface area contributed by atoms with Gasteiger partial charge in [-0.3, -0.25) is 4.79 Å². The van der Waals surface area contributed by atoms with Crippen LogP contribution in [0.4, 0.5) is 11.8 Å². The van der Waals surface area contributed by atoms with Gasteiger partial charge in [0.1, 0.15) is 5.82 Å². The van der Waals surface area contributed by atoms with Gasteiger partial charge in [-0.2, -0.15) is 4.98 Å². The maximum absolute atomic E-state index is 12.5. The van der Waals surface area contributed by atoms with Gasteiger partial charge in [-0.25, -0.2) is 4.98 Å². The molecule has 0 saturated carbocycles. The number of carbonyl (C=O) groups excluding carboxylic acids is 1. The highest BCUT2D eigenvalue weighted by atomic mass is 16.5. The van der Waals surface area contributed by atoms with Gasteiger partial charge < -0.3 is 19.6 Å². The Hall–Kier alpha value is -2.64. The van der Waals surface area contributed by atoms with Crippen molar-refractivity contribution in [3.63, 3.8) is 0 Å². The molecule has 0 aromatic carbocycles. The first-order valence-electron chi connectivity index (χ1n) is 7.98. The van der Waals surface area contributed by atoms with E-state index in [1.54, 1.807) is 11.1 Å². The molecule has 24 heavy (non-hydrogen) atoms. The molecule has 2 aromatic heterocycles. The number of hydrogen-bond acceptors (Lipinski definition) is 7. The second-order valence-corrected chi connectivity index (χ2v) is 6.28. The van der Waals surface area contributed by atoms with Gasteiger partial charge in [0.25, 0.3) is 5.95 Å². The summed E-state index contributed by atoms with van der Waals surface area (Å²) in [5.74, 6) is 1.99. The van der Waals surface area contributed by atoms with Crippen LogP contribution < -0.4 is 15.1 Å². The van der Waals surface area contributed by atoms with Gasteiger partial charge in [-0.15, -0.1) is 0 Å². The van der Waals surface area contributed by atoms with E-state index >= 15 is 0 Å². The molecule has 1 amide bonds. The van der Waals surface area contributed by atoms with Crippen LogP contribution in [-0.2, 0) is 11.3 Å². The summed E-state index contributed by atoms with van der Waals surface area (Å²) >= 11 is 0. The molecule has 3 heterocycles. The molecule has 0 spiro atoms. The quantitative estimate of drug-likeness (QED) is 0.872. The normalized spacial score (nSPS) is 20.2. The predicted octanol–water partition coefficient (Wildman–Crippen LogP) is 0.919. The van der Waals surface area contributed by atoms with E-state index in [1.807, 2.05) is 32.3 Å². The summed E-state index contributed by atoms with van der Waals surface area (Å²) in [7, 11) is 3.67. The van der Waals surface area contributed by atoms with E-state index < -0.39 is 0 Å². The molecule has 1 aliphatic rings. The number of rotatable bonds is 5. The van der Waals surface area contributed by atoms with E-state index in [1.165, 1.54) is 0 Å². The third-order valence-corrected chi connectivity index (χ3v) is 4.19. The zero-order valence-electron chi connectivity index (χ0n) is 14.1. The van der Waals surface area contributed by atoms with Gasteiger partial charge in [0.15, 0.2) is 0 Å². The first kappa shape index (κ1) is 16.2. The number of anilines is 2. The van der Waals surface area contributed by atoms with Crippen molar-refractivity contribution in [2.75, 3.05) is 37.0 Å². The first-order valence-corrected chi connectivity index (χ1v) is 7.98. The van der Waals surface area contributed by atoms with Crippen LogP contribution >= 0.6 is 0 Å². The molecular weight excluding hydrogens is 308 g/mol. The van der Waals surface area contributed by atoms with Crippen LogP contribution in [0, 0.1) is 11.8 Å². The van der Waals surface area contributed by atoms with E-state index in [4.69, 9.17) is 4.52 Å². The standard InChI is InChI=1S/C16H22N6O2/c1-11-9-22(13-6-4-5-7-17-13)10-12(11)15(23)18-8-14-19-16(20-24-14)21(2)3/h4-7,11-12H,8-10H2,1-3H3,(H,18,23)/t11-,12-/m1/s1. The lowest BCUT2D eigenvalue weighted by molar-refractivity contribution is -0.125. The molecule has 1 aliphatic heterocycles. The average Bonchev–Trinajstić information content (AvgIpc) is 3.20. The second-order valence-electron chi connectivity index (χ2n) is 6.28. The van der Waals surface area contributed by atoms with Crippen molar-refractivity contribution in [3.05, 3.63) is 30.3 Å². The maximum atomic E-state index is 12.5. The highest BCUT2D eigenvalue weighted by Crippen LogP contribution is 2.26. The molecule has 3 rings (SSSR count). The Kier molecular flexibility index (Phi) is 4.64. The number of hydrogen-bond donors (Lipinski definition) is 1. The lowest BCUT2D eigenvalue weighted by atomic mass is 9.97. The molecule has 2 aromatic rings. The summed E-state index contributed by atoms with van der Waals surface area (Å²) in [6, 6.07) is 5.81. The van der Waals surface area contributed by atoms with Crippen molar-refractivity contribution >= 4 is 17.7 Å². The number of carbonyl (C=O) groups is 1. The summed E-state index contributed by atoms with van der Waals surface area (Å²) in [6.07, 6.45) is 1.77. The summed E-state index contributed by atoms with van der Waals surface area (Å²) in [6.45, 7) is 3.81. The number of nitrogens with zero attached hydrogens (tertiary/aromatic N) is 5. The van der Waals surface area contributed by atoms with Crippen molar-refractivity contribution in [1.82, 2.24) is 20.4 Å². The molecular formula is C16H22N6O2. The molecule has 1 saturated heterocycles. The van der Waals surface area contributed by atoms with Crippen molar-refractivity contribution in [3.8, 4) is 0 Å². The topological polar surface area (TPSA) is 87.4 Å². The fraction of sp³-hybridized carbons (Fsp3) is 0.500. The minimum absolute atomic E-state index is 0.00512. The van der Waals surface area contributed by atoms with E-state index in [0.717, 1.165) is 12.4 Å². The lowest BCUT2D eigenvalue weighted by Crippen LogP contribution is -2.34.